The first-order valence-electron chi connectivity index (χ1n) is 11.1. The second kappa shape index (κ2) is 10.3. The highest BCUT2D eigenvalue weighted by Crippen LogP contribution is 2.38. The van der Waals surface area contributed by atoms with Crippen LogP contribution in [0.25, 0.3) is 10.2 Å². The molecule has 0 N–H and O–H groups in total. The molecule has 0 spiro atoms. The summed E-state index contributed by atoms with van der Waals surface area (Å²) in [5.41, 5.74) is 1.45. The second-order valence-electron chi connectivity index (χ2n) is 7.79. The van der Waals surface area contributed by atoms with Crippen LogP contribution in [-0.4, -0.2) is 51.6 Å². The molecule has 0 aliphatic carbocycles. The third-order valence-electron chi connectivity index (χ3n) is 5.51. The van der Waals surface area contributed by atoms with E-state index < -0.39 is 11.7 Å². The Morgan fingerprint density at radius 1 is 1.00 bits per heavy atom. The van der Waals surface area contributed by atoms with Crippen LogP contribution in [0.3, 0.4) is 0 Å². The first-order chi connectivity index (χ1) is 18.0. The number of anilines is 1. The van der Waals surface area contributed by atoms with E-state index in [1.807, 2.05) is 0 Å². The molecule has 0 saturated carbocycles. The van der Waals surface area contributed by atoms with Gasteiger partial charge >= 0.3 is 0 Å². The van der Waals surface area contributed by atoms with Crippen molar-refractivity contribution in [2.24, 2.45) is 5.10 Å². The van der Waals surface area contributed by atoms with E-state index in [1.165, 1.54) is 39.7 Å². The number of amides is 1. The molecule has 0 fully saturated rings. The van der Waals surface area contributed by atoms with Gasteiger partial charge < -0.3 is 23.7 Å². The van der Waals surface area contributed by atoms with E-state index in [2.05, 4.69) is 10.1 Å². The molecule has 1 aliphatic rings. The number of hydrazone groups is 1. The van der Waals surface area contributed by atoms with Gasteiger partial charge in [-0.25, -0.2) is 9.37 Å². The molecule has 1 aliphatic heterocycles. The Balaban J connectivity index is 1.57. The second-order valence-corrected chi connectivity index (χ2v) is 8.80. The van der Waals surface area contributed by atoms with E-state index in [0.29, 0.717) is 63.3 Å². The number of hydrogen-bond acceptors (Lipinski definition) is 9. The van der Waals surface area contributed by atoms with Gasteiger partial charge in [-0.05, 0) is 48.5 Å². The van der Waals surface area contributed by atoms with Crippen LogP contribution in [0, 0.1) is 5.82 Å². The van der Waals surface area contributed by atoms with E-state index in [0.717, 1.165) is 16.3 Å². The number of aromatic nitrogens is 1. The van der Waals surface area contributed by atoms with Crippen LogP contribution in [0.4, 0.5) is 9.52 Å². The van der Waals surface area contributed by atoms with E-state index in [4.69, 9.17) is 23.7 Å². The molecule has 0 unspecified atom stereocenters. The van der Waals surface area contributed by atoms with Crippen LogP contribution in [-0.2, 0) is 0 Å². The molecule has 4 aromatic rings. The van der Waals surface area contributed by atoms with Crippen LogP contribution in [0.1, 0.15) is 15.9 Å². The molecule has 2 heterocycles. The van der Waals surface area contributed by atoms with Crippen molar-refractivity contribution < 1.29 is 32.9 Å². The molecule has 11 heteroatoms. The zero-order valence-electron chi connectivity index (χ0n) is 20.2. The maximum absolute atomic E-state index is 13.8. The SMILES string of the molecule is COc1cc(/C=N/N(C(=O)c2ccc3c(c2)OCCO3)c2nc3ccc(F)cc3s2)cc(OC)c1OC. The highest BCUT2D eigenvalue weighted by atomic mass is 32.1. The smallest absolute Gasteiger partial charge is 0.280 e. The minimum atomic E-state index is -0.458. The zero-order chi connectivity index (χ0) is 25.9. The average Bonchev–Trinajstić information content (AvgIpc) is 3.34. The summed E-state index contributed by atoms with van der Waals surface area (Å²) in [6.07, 6.45) is 1.48. The normalized spacial score (nSPS) is 12.5. The molecule has 190 valence electrons. The minimum Gasteiger partial charge on any atom is -0.493 e. The molecule has 0 atom stereocenters. The van der Waals surface area contributed by atoms with Crippen LogP contribution < -0.4 is 28.7 Å². The molecular formula is C26H22FN3O6S. The van der Waals surface area contributed by atoms with Crippen molar-refractivity contribution in [1.29, 1.82) is 0 Å². The van der Waals surface area contributed by atoms with Crippen molar-refractivity contribution in [2.75, 3.05) is 39.6 Å². The molecule has 1 amide bonds. The van der Waals surface area contributed by atoms with Gasteiger partial charge in [0.2, 0.25) is 10.9 Å². The lowest BCUT2D eigenvalue weighted by Crippen LogP contribution is -2.26. The van der Waals surface area contributed by atoms with E-state index in [-0.39, 0.29) is 5.13 Å². The molecule has 0 saturated heterocycles. The van der Waals surface area contributed by atoms with E-state index in [9.17, 15) is 9.18 Å². The molecule has 37 heavy (non-hydrogen) atoms. The van der Waals surface area contributed by atoms with Gasteiger partial charge in [0.05, 0.1) is 37.8 Å². The van der Waals surface area contributed by atoms with Crippen molar-refractivity contribution in [2.45, 2.75) is 0 Å². The van der Waals surface area contributed by atoms with Gasteiger partial charge in [0, 0.05) is 11.1 Å². The van der Waals surface area contributed by atoms with Gasteiger partial charge in [-0.2, -0.15) is 10.1 Å². The molecular weight excluding hydrogens is 501 g/mol. The summed E-state index contributed by atoms with van der Waals surface area (Å²) < 4.78 is 41.8. The van der Waals surface area contributed by atoms with Crippen molar-refractivity contribution in [3.8, 4) is 28.7 Å². The Labute approximate surface area is 215 Å². The molecule has 0 bridgehead atoms. The predicted octanol–water partition coefficient (Wildman–Crippen LogP) is 4.91. The van der Waals surface area contributed by atoms with Crippen molar-refractivity contribution in [1.82, 2.24) is 4.98 Å². The number of carbonyl (C=O) groups is 1. The summed E-state index contributed by atoms with van der Waals surface area (Å²) in [5.74, 6) is 1.47. The molecule has 1 aromatic heterocycles. The first kappa shape index (κ1) is 24.3. The number of thiazole rings is 1. The van der Waals surface area contributed by atoms with Gasteiger partial charge in [-0.1, -0.05) is 11.3 Å². The summed E-state index contributed by atoms with van der Waals surface area (Å²) >= 11 is 1.14. The Kier molecular flexibility index (Phi) is 6.78. The standard InChI is InChI=1S/C26H22FN3O6S/c1-32-21-10-15(11-22(33-2)24(21)34-3)14-28-30(26-29-18-6-5-17(27)13-23(18)37-26)25(31)16-4-7-19-20(12-16)36-9-8-35-19/h4-7,10-14H,8-9H2,1-3H3/b28-14+. The van der Waals surface area contributed by atoms with Gasteiger partial charge in [0.1, 0.15) is 19.0 Å². The number of nitrogens with zero attached hydrogens (tertiary/aromatic N) is 3. The molecule has 0 radical (unpaired) electrons. The largest absolute Gasteiger partial charge is 0.493 e. The lowest BCUT2D eigenvalue weighted by Gasteiger charge is -2.20. The zero-order valence-corrected chi connectivity index (χ0v) is 21.0. The van der Waals surface area contributed by atoms with Crippen LogP contribution in [0.15, 0.2) is 53.6 Å². The third kappa shape index (κ3) is 4.85. The van der Waals surface area contributed by atoms with Crippen molar-refractivity contribution in [3.63, 3.8) is 0 Å². The summed E-state index contributed by atoms with van der Waals surface area (Å²) in [6.45, 7) is 0.824. The van der Waals surface area contributed by atoms with Crippen LogP contribution in [0.2, 0.25) is 0 Å². The maximum atomic E-state index is 13.8. The van der Waals surface area contributed by atoms with Gasteiger partial charge in [-0.3, -0.25) is 4.79 Å². The van der Waals surface area contributed by atoms with Gasteiger partial charge in [0.15, 0.2) is 23.0 Å². The summed E-state index contributed by atoms with van der Waals surface area (Å²) in [6, 6.07) is 12.5. The summed E-state index contributed by atoms with van der Waals surface area (Å²) in [4.78, 5) is 18.2. The van der Waals surface area contributed by atoms with E-state index >= 15 is 0 Å². The lowest BCUT2D eigenvalue weighted by molar-refractivity contribution is 0.0986. The predicted molar refractivity (Wildman–Crippen MR) is 138 cm³/mol. The van der Waals surface area contributed by atoms with Gasteiger partial charge in [-0.15, -0.1) is 0 Å². The molecule has 3 aromatic carbocycles. The summed E-state index contributed by atoms with van der Waals surface area (Å²) in [5, 5.41) is 5.90. The Hall–Kier alpha value is -4.38. The summed E-state index contributed by atoms with van der Waals surface area (Å²) in [7, 11) is 4.53. The average molecular weight is 524 g/mol. The third-order valence-corrected chi connectivity index (χ3v) is 6.50. The fourth-order valence-electron chi connectivity index (χ4n) is 3.76. The molecule has 9 nitrogen and oxygen atoms in total. The van der Waals surface area contributed by atoms with Crippen LogP contribution >= 0.6 is 11.3 Å². The van der Waals surface area contributed by atoms with E-state index in [1.54, 1.807) is 36.4 Å². The fraction of sp³-hybridized carbons (Fsp3) is 0.192. The lowest BCUT2D eigenvalue weighted by atomic mass is 10.2. The topological polar surface area (TPSA) is 91.7 Å². The Bertz CT molecular complexity index is 1480. The monoisotopic (exact) mass is 523 g/mol. The van der Waals surface area contributed by atoms with Crippen molar-refractivity contribution in [3.05, 3.63) is 65.5 Å². The van der Waals surface area contributed by atoms with Gasteiger partial charge in [0.25, 0.3) is 5.91 Å². The maximum Gasteiger partial charge on any atom is 0.280 e. The number of halogens is 1. The van der Waals surface area contributed by atoms with Crippen molar-refractivity contribution >= 4 is 38.8 Å². The number of fused-ring (bicyclic) bond motifs is 2. The van der Waals surface area contributed by atoms with Crippen LogP contribution in [0.5, 0.6) is 28.7 Å². The Morgan fingerprint density at radius 3 is 2.43 bits per heavy atom. The minimum absolute atomic E-state index is 0.268. The Morgan fingerprint density at radius 2 is 1.73 bits per heavy atom. The number of benzene rings is 3. The number of carbonyl (C=O) groups excluding carboxylic acids is 1. The number of methoxy groups -OCH3 is 3. The number of ether oxygens (including phenoxy) is 5. The molecule has 5 rings (SSSR count). The quantitative estimate of drug-likeness (QED) is 0.251. The highest BCUT2D eigenvalue weighted by molar-refractivity contribution is 7.22. The number of hydrogen-bond donors (Lipinski definition) is 0. The highest BCUT2D eigenvalue weighted by Gasteiger charge is 2.24. The first-order valence-corrected chi connectivity index (χ1v) is 12.0. The number of rotatable bonds is 7. The fourth-order valence-corrected chi connectivity index (χ4v) is 4.71.